The first-order valence-electron chi connectivity index (χ1n) is 6.71. The van der Waals surface area contributed by atoms with Crippen molar-refractivity contribution >= 4 is 0 Å². The Morgan fingerprint density at radius 3 is 3.12 bits per heavy atom. The van der Waals surface area contributed by atoms with Crippen LogP contribution < -0.4 is 5.32 Å². The molecule has 1 atom stereocenters. The SMILES string of the molecule is CCn1ncc2c1CNC[C@@H]2COCC1CC1. The zero-order valence-corrected chi connectivity index (χ0v) is 10.5. The van der Waals surface area contributed by atoms with Crippen molar-refractivity contribution in [2.45, 2.75) is 38.8 Å². The largest absolute Gasteiger partial charge is 0.380 e. The number of hydrogen-bond acceptors (Lipinski definition) is 3. The van der Waals surface area contributed by atoms with Crippen molar-refractivity contribution in [3.8, 4) is 0 Å². The molecule has 1 aromatic rings. The lowest BCUT2D eigenvalue weighted by Crippen LogP contribution is -2.31. The summed E-state index contributed by atoms with van der Waals surface area (Å²) in [6.07, 6.45) is 4.76. The molecular weight excluding hydrogens is 214 g/mol. The van der Waals surface area contributed by atoms with Gasteiger partial charge in [0.2, 0.25) is 0 Å². The quantitative estimate of drug-likeness (QED) is 0.841. The predicted octanol–water partition coefficient (Wildman–Crippen LogP) is 1.52. The summed E-state index contributed by atoms with van der Waals surface area (Å²) in [5.74, 6) is 1.34. The number of aromatic nitrogens is 2. The van der Waals surface area contributed by atoms with Gasteiger partial charge in [0.1, 0.15) is 0 Å². The Morgan fingerprint density at radius 1 is 1.47 bits per heavy atom. The number of rotatable bonds is 5. The lowest BCUT2D eigenvalue weighted by Gasteiger charge is -2.24. The van der Waals surface area contributed by atoms with E-state index in [9.17, 15) is 0 Å². The van der Waals surface area contributed by atoms with E-state index in [1.807, 2.05) is 6.20 Å². The van der Waals surface area contributed by atoms with Crippen molar-refractivity contribution < 1.29 is 4.74 Å². The summed E-state index contributed by atoms with van der Waals surface area (Å²) in [5, 5.41) is 7.91. The fourth-order valence-corrected chi connectivity index (χ4v) is 2.52. The van der Waals surface area contributed by atoms with Gasteiger partial charge in [-0.2, -0.15) is 5.10 Å². The van der Waals surface area contributed by atoms with E-state index in [-0.39, 0.29) is 0 Å². The second-order valence-electron chi connectivity index (χ2n) is 5.17. The Hall–Kier alpha value is -0.870. The zero-order chi connectivity index (χ0) is 11.7. The van der Waals surface area contributed by atoms with Crippen molar-refractivity contribution in [2.24, 2.45) is 5.92 Å². The Morgan fingerprint density at radius 2 is 2.35 bits per heavy atom. The lowest BCUT2D eigenvalue weighted by atomic mass is 9.97. The van der Waals surface area contributed by atoms with Crippen LogP contribution in [0.5, 0.6) is 0 Å². The first-order chi connectivity index (χ1) is 8.38. The fourth-order valence-electron chi connectivity index (χ4n) is 2.52. The number of fused-ring (bicyclic) bond motifs is 1. The molecular formula is C13H21N3O. The van der Waals surface area contributed by atoms with Gasteiger partial charge in [0, 0.05) is 37.7 Å². The number of hydrogen-bond donors (Lipinski definition) is 1. The molecule has 1 aliphatic heterocycles. The fraction of sp³-hybridized carbons (Fsp3) is 0.769. The molecule has 3 rings (SSSR count). The highest BCUT2D eigenvalue weighted by Gasteiger charge is 2.25. The molecule has 1 fully saturated rings. The Kier molecular flexibility index (Phi) is 3.16. The summed E-state index contributed by atoms with van der Waals surface area (Å²) >= 11 is 0. The minimum absolute atomic E-state index is 0.484. The lowest BCUT2D eigenvalue weighted by molar-refractivity contribution is 0.108. The molecule has 94 valence electrons. The smallest absolute Gasteiger partial charge is 0.0558 e. The van der Waals surface area contributed by atoms with Crippen molar-refractivity contribution in [3.05, 3.63) is 17.5 Å². The van der Waals surface area contributed by atoms with Gasteiger partial charge in [-0.3, -0.25) is 4.68 Å². The van der Waals surface area contributed by atoms with Gasteiger partial charge in [0.05, 0.1) is 18.5 Å². The van der Waals surface area contributed by atoms with Crippen LogP contribution in [0.3, 0.4) is 0 Å². The number of nitrogens with zero attached hydrogens (tertiary/aromatic N) is 2. The average Bonchev–Trinajstić information content (AvgIpc) is 3.07. The van der Waals surface area contributed by atoms with Crippen molar-refractivity contribution in [1.29, 1.82) is 0 Å². The molecule has 0 spiro atoms. The third-order valence-corrected chi connectivity index (χ3v) is 3.77. The summed E-state index contributed by atoms with van der Waals surface area (Å²) in [6, 6.07) is 0. The van der Waals surface area contributed by atoms with Crippen LogP contribution in [-0.4, -0.2) is 29.5 Å². The van der Waals surface area contributed by atoms with Crippen molar-refractivity contribution in [1.82, 2.24) is 15.1 Å². The third-order valence-electron chi connectivity index (χ3n) is 3.77. The zero-order valence-electron chi connectivity index (χ0n) is 10.5. The highest BCUT2D eigenvalue weighted by atomic mass is 16.5. The van der Waals surface area contributed by atoms with Crippen LogP contribution in [0.2, 0.25) is 0 Å². The maximum atomic E-state index is 5.82. The highest BCUT2D eigenvalue weighted by Crippen LogP contribution is 2.30. The molecule has 1 N–H and O–H groups in total. The summed E-state index contributed by atoms with van der Waals surface area (Å²) in [4.78, 5) is 0. The molecule has 0 unspecified atom stereocenters. The van der Waals surface area contributed by atoms with Crippen LogP contribution in [-0.2, 0) is 17.8 Å². The molecule has 0 radical (unpaired) electrons. The van der Waals surface area contributed by atoms with Crippen molar-refractivity contribution in [3.63, 3.8) is 0 Å². The van der Waals surface area contributed by atoms with Gasteiger partial charge in [0.25, 0.3) is 0 Å². The van der Waals surface area contributed by atoms with Gasteiger partial charge in [-0.25, -0.2) is 0 Å². The van der Waals surface area contributed by atoms with E-state index >= 15 is 0 Å². The molecule has 2 heterocycles. The Balaban J connectivity index is 1.63. The third kappa shape index (κ3) is 2.38. The molecule has 1 aromatic heterocycles. The summed E-state index contributed by atoms with van der Waals surface area (Å²) < 4.78 is 7.91. The second kappa shape index (κ2) is 4.78. The van der Waals surface area contributed by atoms with E-state index in [1.54, 1.807) is 0 Å². The Bertz CT molecular complexity index is 384. The number of ether oxygens (including phenoxy) is 1. The molecule has 0 bridgehead atoms. The first kappa shape index (κ1) is 11.2. The molecule has 4 nitrogen and oxygen atoms in total. The predicted molar refractivity (Wildman–Crippen MR) is 65.9 cm³/mol. The first-order valence-corrected chi connectivity index (χ1v) is 6.71. The monoisotopic (exact) mass is 235 g/mol. The highest BCUT2D eigenvalue weighted by molar-refractivity contribution is 5.25. The number of nitrogens with one attached hydrogen (secondary N) is 1. The van der Waals surface area contributed by atoms with Crippen LogP contribution in [0.15, 0.2) is 6.20 Å². The van der Waals surface area contributed by atoms with Gasteiger partial charge in [0.15, 0.2) is 0 Å². The second-order valence-corrected chi connectivity index (χ2v) is 5.17. The van der Waals surface area contributed by atoms with Gasteiger partial charge in [-0.1, -0.05) is 0 Å². The van der Waals surface area contributed by atoms with Crippen LogP contribution in [0.4, 0.5) is 0 Å². The van der Waals surface area contributed by atoms with Crippen LogP contribution in [0.1, 0.15) is 36.9 Å². The normalized spacial score (nSPS) is 23.7. The van der Waals surface area contributed by atoms with E-state index in [2.05, 4.69) is 22.0 Å². The van der Waals surface area contributed by atoms with Crippen LogP contribution in [0, 0.1) is 5.92 Å². The molecule has 0 aromatic carbocycles. The average molecular weight is 235 g/mol. The molecule has 0 saturated heterocycles. The van der Waals surface area contributed by atoms with Crippen LogP contribution in [0.25, 0.3) is 0 Å². The maximum Gasteiger partial charge on any atom is 0.0558 e. The molecule has 2 aliphatic rings. The van der Waals surface area contributed by atoms with Gasteiger partial charge in [-0.15, -0.1) is 0 Å². The van der Waals surface area contributed by atoms with Crippen molar-refractivity contribution in [2.75, 3.05) is 19.8 Å². The maximum absolute atomic E-state index is 5.82. The van der Waals surface area contributed by atoms with Gasteiger partial charge < -0.3 is 10.1 Å². The molecule has 0 amide bonds. The van der Waals surface area contributed by atoms with E-state index in [4.69, 9.17) is 4.74 Å². The van der Waals surface area contributed by atoms with Gasteiger partial charge in [-0.05, 0) is 25.7 Å². The van der Waals surface area contributed by atoms with E-state index in [0.29, 0.717) is 5.92 Å². The Labute approximate surface area is 102 Å². The van der Waals surface area contributed by atoms with Gasteiger partial charge >= 0.3 is 0 Å². The van der Waals surface area contributed by atoms with Crippen LogP contribution >= 0.6 is 0 Å². The molecule has 1 saturated carbocycles. The number of aryl methyl sites for hydroxylation is 1. The topological polar surface area (TPSA) is 39.1 Å². The molecule has 4 heteroatoms. The van der Waals surface area contributed by atoms with E-state index in [0.717, 1.165) is 38.8 Å². The summed E-state index contributed by atoms with van der Waals surface area (Å²) in [5.41, 5.74) is 2.74. The molecule has 1 aliphatic carbocycles. The molecule has 17 heavy (non-hydrogen) atoms. The van der Waals surface area contributed by atoms with E-state index in [1.165, 1.54) is 24.1 Å². The minimum Gasteiger partial charge on any atom is -0.380 e. The van der Waals surface area contributed by atoms with E-state index < -0.39 is 0 Å². The minimum atomic E-state index is 0.484. The standard InChI is InChI=1S/C13H21N3O/c1-2-16-13-7-14-5-11(12(13)6-15-16)9-17-8-10-3-4-10/h6,10-11,14H,2-5,7-9H2,1H3/t11-/m1/s1. The summed E-state index contributed by atoms with van der Waals surface area (Å²) in [7, 11) is 0. The summed E-state index contributed by atoms with van der Waals surface area (Å²) in [6.45, 7) is 6.85.